The second kappa shape index (κ2) is 6.57. The molecule has 0 aliphatic heterocycles. The molecule has 4 heteroatoms. The predicted molar refractivity (Wildman–Crippen MR) is 122 cm³/mol. The number of hydrogen-bond acceptors (Lipinski definition) is 2. The molecule has 0 fully saturated rings. The van der Waals surface area contributed by atoms with Crippen molar-refractivity contribution in [1.29, 1.82) is 0 Å². The van der Waals surface area contributed by atoms with Crippen LogP contribution in [-0.2, 0) is 12.0 Å². The summed E-state index contributed by atoms with van der Waals surface area (Å²) < 4.78 is 2.26. The van der Waals surface area contributed by atoms with Crippen LogP contribution in [0.4, 0.5) is 0 Å². The second-order valence-corrected chi connectivity index (χ2v) is 9.02. The van der Waals surface area contributed by atoms with E-state index < -0.39 is 0 Å². The van der Waals surface area contributed by atoms with Crippen LogP contribution < -0.4 is 0 Å². The topological polar surface area (TPSA) is 30.7 Å². The van der Waals surface area contributed by atoms with Gasteiger partial charge in [0.25, 0.3) is 0 Å². The van der Waals surface area contributed by atoms with E-state index in [1.165, 1.54) is 11.1 Å². The lowest BCUT2D eigenvalue weighted by molar-refractivity contribution is 0.591. The maximum atomic E-state index is 6.08. The highest BCUT2D eigenvalue weighted by Crippen LogP contribution is 2.33. The predicted octanol–water partition coefficient (Wildman–Crippen LogP) is 6.74. The molecule has 144 valence electrons. The molecule has 0 amide bonds. The summed E-state index contributed by atoms with van der Waals surface area (Å²) in [4.78, 5) is 10.00. The van der Waals surface area contributed by atoms with Gasteiger partial charge >= 0.3 is 0 Å². The molecule has 3 nitrogen and oxygen atoms in total. The van der Waals surface area contributed by atoms with Crippen LogP contribution in [-0.4, -0.2) is 14.5 Å². The molecule has 0 bridgehead atoms. The summed E-state index contributed by atoms with van der Waals surface area (Å²) in [5.41, 5.74) is 7.41. The van der Waals surface area contributed by atoms with Crippen molar-refractivity contribution in [2.75, 3.05) is 0 Å². The van der Waals surface area contributed by atoms with Gasteiger partial charge < -0.3 is 4.57 Å². The first-order valence-corrected chi connectivity index (χ1v) is 10.2. The molecule has 0 spiro atoms. The van der Waals surface area contributed by atoms with Crippen molar-refractivity contribution in [3.63, 3.8) is 0 Å². The maximum Gasteiger partial charge on any atom is 0.160 e. The first-order valence-electron chi connectivity index (χ1n) is 9.84. The van der Waals surface area contributed by atoms with E-state index in [1.54, 1.807) is 0 Å². The summed E-state index contributed by atoms with van der Waals surface area (Å²) in [5, 5.41) is 1.90. The minimum absolute atomic E-state index is 0.0725. The summed E-state index contributed by atoms with van der Waals surface area (Å²) in [6.45, 7) is 7.44. The van der Waals surface area contributed by atoms with Crippen molar-refractivity contribution in [2.45, 2.75) is 32.7 Å². The Kier molecular flexibility index (Phi) is 4.11. The largest absolute Gasteiger partial charge is 0.319 e. The number of hydrogen-bond donors (Lipinski definition) is 0. The van der Waals surface area contributed by atoms with Gasteiger partial charge in [-0.2, -0.15) is 0 Å². The van der Waals surface area contributed by atoms with E-state index in [9.17, 15) is 0 Å². The first-order chi connectivity index (χ1) is 13.9. The van der Waals surface area contributed by atoms with Gasteiger partial charge in [-0.1, -0.05) is 62.7 Å². The molecule has 5 rings (SSSR count). The average molecular weight is 400 g/mol. The fraction of sp³-hybridized carbons (Fsp3) is 0.200. The van der Waals surface area contributed by atoms with Crippen LogP contribution in [0.1, 0.15) is 31.9 Å². The molecule has 0 radical (unpaired) electrons. The monoisotopic (exact) mass is 399 g/mol. The zero-order valence-corrected chi connectivity index (χ0v) is 17.5. The summed E-state index contributed by atoms with van der Waals surface area (Å²) in [5.74, 6) is 0. The van der Waals surface area contributed by atoms with Crippen molar-refractivity contribution in [2.24, 2.45) is 0 Å². The van der Waals surface area contributed by atoms with Gasteiger partial charge in [0, 0.05) is 17.0 Å². The SMILES string of the molecule is CC(C)(C)c1ccc2c(c1)c1nc3ccccc3nc1n2Cc1ccc(Cl)cc1. The molecule has 0 atom stereocenters. The normalized spacial score (nSPS) is 12.3. The molecule has 5 aromatic rings. The lowest BCUT2D eigenvalue weighted by Crippen LogP contribution is -2.10. The third-order valence-corrected chi connectivity index (χ3v) is 5.72. The third-order valence-electron chi connectivity index (χ3n) is 5.47. The molecule has 29 heavy (non-hydrogen) atoms. The maximum absolute atomic E-state index is 6.08. The Balaban J connectivity index is 1.82. The minimum atomic E-state index is 0.0725. The van der Waals surface area contributed by atoms with Crippen LogP contribution in [0.5, 0.6) is 0 Å². The van der Waals surface area contributed by atoms with Gasteiger partial charge in [0.1, 0.15) is 5.52 Å². The molecule has 0 aliphatic rings. The average Bonchev–Trinajstić information content (AvgIpc) is 3.00. The van der Waals surface area contributed by atoms with Gasteiger partial charge in [0.15, 0.2) is 5.65 Å². The van der Waals surface area contributed by atoms with E-state index in [2.05, 4.69) is 55.7 Å². The highest BCUT2D eigenvalue weighted by molar-refractivity contribution is 6.30. The quantitative estimate of drug-likeness (QED) is 0.329. The lowest BCUT2D eigenvalue weighted by atomic mass is 9.86. The standard InChI is InChI=1S/C25H22ClN3/c1-25(2,3)17-10-13-22-19(14-17)23-24(28-21-7-5-4-6-20(21)27-23)29(22)15-16-8-11-18(26)12-9-16/h4-14H,15H2,1-3H3. The van der Waals surface area contributed by atoms with E-state index in [0.29, 0.717) is 0 Å². The Labute approximate surface area is 175 Å². The number of fused-ring (bicyclic) bond motifs is 4. The van der Waals surface area contributed by atoms with E-state index in [4.69, 9.17) is 21.6 Å². The van der Waals surface area contributed by atoms with Crippen LogP contribution in [0.3, 0.4) is 0 Å². The minimum Gasteiger partial charge on any atom is -0.319 e. The van der Waals surface area contributed by atoms with Crippen LogP contribution in [0.2, 0.25) is 5.02 Å². The van der Waals surface area contributed by atoms with E-state index in [-0.39, 0.29) is 5.41 Å². The molecule has 2 aromatic heterocycles. The molecule has 0 aliphatic carbocycles. The van der Waals surface area contributed by atoms with Crippen molar-refractivity contribution in [1.82, 2.24) is 14.5 Å². The van der Waals surface area contributed by atoms with Gasteiger partial charge in [-0.3, -0.25) is 0 Å². The number of aromatic nitrogens is 3. The summed E-state index contributed by atoms with van der Waals surface area (Å²) in [6.07, 6.45) is 0. The van der Waals surface area contributed by atoms with Gasteiger partial charge in [0.2, 0.25) is 0 Å². The van der Waals surface area contributed by atoms with Crippen molar-refractivity contribution < 1.29 is 0 Å². The Hall–Kier alpha value is -2.91. The third kappa shape index (κ3) is 3.16. The van der Waals surface area contributed by atoms with Gasteiger partial charge in [-0.25, -0.2) is 9.97 Å². The molecule has 0 saturated heterocycles. The zero-order valence-electron chi connectivity index (χ0n) is 16.8. The molecular formula is C25H22ClN3. The fourth-order valence-electron chi connectivity index (χ4n) is 3.83. The number of benzene rings is 3. The highest BCUT2D eigenvalue weighted by atomic mass is 35.5. The van der Waals surface area contributed by atoms with Crippen LogP contribution in [0.25, 0.3) is 33.1 Å². The highest BCUT2D eigenvalue weighted by Gasteiger charge is 2.19. The van der Waals surface area contributed by atoms with Gasteiger partial charge in [-0.15, -0.1) is 0 Å². The van der Waals surface area contributed by atoms with Gasteiger partial charge in [0.05, 0.1) is 16.6 Å². The Morgan fingerprint density at radius 3 is 2.24 bits per heavy atom. The Morgan fingerprint density at radius 1 is 0.862 bits per heavy atom. The van der Waals surface area contributed by atoms with Crippen LogP contribution >= 0.6 is 11.6 Å². The summed E-state index contributed by atoms with van der Waals surface area (Å²) in [6, 6.07) is 22.8. The van der Waals surface area contributed by atoms with E-state index >= 15 is 0 Å². The number of para-hydroxylation sites is 2. The Bertz CT molecular complexity index is 1360. The zero-order chi connectivity index (χ0) is 20.2. The molecule has 3 aromatic carbocycles. The van der Waals surface area contributed by atoms with Gasteiger partial charge in [-0.05, 0) is 52.9 Å². The van der Waals surface area contributed by atoms with Crippen molar-refractivity contribution in [3.05, 3.63) is 82.9 Å². The van der Waals surface area contributed by atoms with E-state index in [1.807, 2.05) is 36.4 Å². The lowest BCUT2D eigenvalue weighted by Gasteiger charge is -2.19. The molecule has 2 heterocycles. The Morgan fingerprint density at radius 2 is 1.55 bits per heavy atom. The number of halogens is 1. The van der Waals surface area contributed by atoms with Crippen molar-refractivity contribution in [3.8, 4) is 0 Å². The molecular weight excluding hydrogens is 378 g/mol. The van der Waals surface area contributed by atoms with E-state index in [0.717, 1.165) is 44.7 Å². The second-order valence-electron chi connectivity index (χ2n) is 8.58. The smallest absolute Gasteiger partial charge is 0.160 e. The summed E-state index contributed by atoms with van der Waals surface area (Å²) >= 11 is 6.08. The number of rotatable bonds is 2. The fourth-order valence-corrected chi connectivity index (χ4v) is 3.96. The number of nitrogens with zero attached hydrogens (tertiary/aromatic N) is 3. The van der Waals surface area contributed by atoms with Crippen molar-refractivity contribution >= 4 is 44.7 Å². The molecule has 0 unspecified atom stereocenters. The van der Waals surface area contributed by atoms with Crippen LogP contribution in [0, 0.1) is 0 Å². The first kappa shape index (κ1) is 18.1. The molecule has 0 N–H and O–H groups in total. The van der Waals surface area contributed by atoms with Crippen LogP contribution in [0.15, 0.2) is 66.7 Å². The summed E-state index contributed by atoms with van der Waals surface area (Å²) in [7, 11) is 0. The molecule has 0 saturated carbocycles.